The zero-order valence-corrected chi connectivity index (χ0v) is 19.6. The lowest BCUT2D eigenvalue weighted by atomic mass is 10.1. The van der Waals surface area contributed by atoms with Gasteiger partial charge in [0, 0.05) is 51.3 Å². The number of aryl methyl sites for hydroxylation is 3. The van der Waals surface area contributed by atoms with Crippen LogP contribution < -0.4 is 10.6 Å². The number of halogens is 1. The van der Waals surface area contributed by atoms with E-state index in [0.717, 1.165) is 44.3 Å². The van der Waals surface area contributed by atoms with Crippen LogP contribution in [0.1, 0.15) is 28.9 Å². The Morgan fingerprint density at radius 2 is 1.86 bits per heavy atom. The van der Waals surface area contributed by atoms with Gasteiger partial charge in [-0.2, -0.15) is 5.10 Å². The van der Waals surface area contributed by atoms with E-state index in [1.165, 1.54) is 16.8 Å². The number of imidazole rings is 1. The Labute approximate surface area is 189 Å². The highest BCUT2D eigenvalue weighted by Gasteiger charge is 2.02. The fourth-order valence-electron chi connectivity index (χ4n) is 3.10. The van der Waals surface area contributed by atoms with E-state index in [1.807, 2.05) is 19.4 Å². The van der Waals surface area contributed by atoms with Crippen molar-refractivity contribution in [3.8, 4) is 0 Å². The summed E-state index contributed by atoms with van der Waals surface area (Å²) < 4.78 is 4.11. The van der Waals surface area contributed by atoms with Crippen molar-refractivity contribution >= 4 is 29.9 Å². The van der Waals surface area contributed by atoms with Crippen molar-refractivity contribution in [3.05, 3.63) is 71.6 Å². The number of benzene rings is 1. The molecule has 0 fully saturated rings. The Bertz CT molecular complexity index is 882. The summed E-state index contributed by atoms with van der Waals surface area (Å²) in [4.78, 5) is 8.37. The summed E-state index contributed by atoms with van der Waals surface area (Å²) in [5, 5.41) is 11.2. The largest absolute Gasteiger partial charge is 0.356 e. The molecular weight excluding hydrogens is 477 g/mol. The molecule has 0 aliphatic rings. The summed E-state index contributed by atoms with van der Waals surface area (Å²) in [6.07, 6.45) is 6.60. The van der Waals surface area contributed by atoms with Gasteiger partial charge in [-0.25, -0.2) is 4.98 Å². The highest BCUT2D eigenvalue weighted by Crippen LogP contribution is 2.06. The third kappa shape index (κ3) is 7.19. The van der Waals surface area contributed by atoms with E-state index in [1.54, 1.807) is 13.2 Å². The standard InChI is InChI=1S/C21H29N7.HI/c1-17-13-18(2)28(26-17)11-4-9-24-21(22-3)25-14-19-5-7-20(8-6-19)15-27-12-10-23-16-27;/h5-8,10,12-13,16H,4,9,11,14-15H2,1-3H3,(H2,22,24,25);1H. The van der Waals surface area contributed by atoms with Crippen molar-refractivity contribution < 1.29 is 0 Å². The fourth-order valence-corrected chi connectivity index (χ4v) is 3.10. The lowest BCUT2D eigenvalue weighted by molar-refractivity contribution is 0.555. The lowest BCUT2D eigenvalue weighted by Crippen LogP contribution is -2.37. The molecule has 3 rings (SSSR count). The maximum Gasteiger partial charge on any atom is 0.191 e. The van der Waals surface area contributed by atoms with Gasteiger partial charge in [-0.05, 0) is 37.5 Å². The first kappa shape index (κ1) is 22.9. The van der Waals surface area contributed by atoms with E-state index >= 15 is 0 Å². The Balaban J connectivity index is 0.00000300. The monoisotopic (exact) mass is 507 g/mol. The molecule has 2 aromatic heterocycles. The van der Waals surface area contributed by atoms with Gasteiger partial charge >= 0.3 is 0 Å². The lowest BCUT2D eigenvalue weighted by Gasteiger charge is -2.12. The second-order valence-electron chi connectivity index (χ2n) is 6.91. The molecule has 29 heavy (non-hydrogen) atoms. The van der Waals surface area contributed by atoms with Gasteiger partial charge in [0.25, 0.3) is 0 Å². The van der Waals surface area contributed by atoms with Crippen LogP contribution in [0.2, 0.25) is 0 Å². The highest BCUT2D eigenvalue weighted by atomic mass is 127. The molecule has 0 amide bonds. The van der Waals surface area contributed by atoms with Crippen LogP contribution in [0.25, 0.3) is 0 Å². The summed E-state index contributed by atoms with van der Waals surface area (Å²) in [5.74, 6) is 0.816. The first-order valence-electron chi connectivity index (χ1n) is 9.63. The first-order chi connectivity index (χ1) is 13.6. The number of aromatic nitrogens is 4. The summed E-state index contributed by atoms with van der Waals surface area (Å²) >= 11 is 0. The zero-order chi connectivity index (χ0) is 19.8. The maximum absolute atomic E-state index is 4.49. The second-order valence-corrected chi connectivity index (χ2v) is 6.91. The zero-order valence-electron chi connectivity index (χ0n) is 17.3. The van der Waals surface area contributed by atoms with Crippen LogP contribution in [0.5, 0.6) is 0 Å². The minimum Gasteiger partial charge on any atom is -0.356 e. The van der Waals surface area contributed by atoms with E-state index in [0.29, 0.717) is 0 Å². The van der Waals surface area contributed by atoms with Gasteiger partial charge in [-0.15, -0.1) is 24.0 Å². The van der Waals surface area contributed by atoms with Crippen LogP contribution in [0.4, 0.5) is 0 Å². The number of rotatable bonds is 8. The molecule has 0 bridgehead atoms. The molecule has 1 aromatic carbocycles. The van der Waals surface area contributed by atoms with Crippen molar-refractivity contribution in [1.82, 2.24) is 30.0 Å². The molecule has 0 unspecified atom stereocenters. The first-order valence-corrected chi connectivity index (χ1v) is 9.63. The molecule has 0 saturated carbocycles. The number of nitrogens with zero attached hydrogens (tertiary/aromatic N) is 5. The topological polar surface area (TPSA) is 72.1 Å². The van der Waals surface area contributed by atoms with E-state index in [-0.39, 0.29) is 24.0 Å². The molecule has 0 aliphatic heterocycles. The maximum atomic E-state index is 4.49. The fraction of sp³-hybridized carbons (Fsp3) is 0.381. The van der Waals surface area contributed by atoms with Crippen LogP contribution >= 0.6 is 24.0 Å². The van der Waals surface area contributed by atoms with Gasteiger partial charge in [0.2, 0.25) is 0 Å². The van der Waals surface area contributed by atoms with Gasteiger partial charge < -0.3 is 15.2 Å². The minimum atomic E-state index is 0. The highest BCUT2D eigenvalue weighted by molar-refractivity contribution is 14.0. The van der Waals surface area contributed by atoms with Crippen LogP contribution in [-0.2, 0) is 19.6 Å². The van der Waals surface area contributed by atoms with Gasteiger partial charge in [0.1, 0.15) is 0 Å². The number of aliphatic imine (C=N–C) groups is 1. The molecule has 2 heterocycles. The molecule has 7 nitrogen and oxygen atoms in total. The Morgan fingerprint density at radius 1 is 1.10 bits per heavy atom. The Morgan fingerprint density at radius 3 is 2.48 bits per heavy atom. The number of hydrogen-bond acceptors (Lipinski definition) is 3. The van der Waals surface area contributed by atoms with Crippen LogP contribution in [-0.4, -0.2) is 38.9 Å². The van der Waals surface area contributed by atoms with Crippen LogP contribution in [0, 0.1) is 13.8 Å². The van der Waals surface area contributed by atoms with E-state index in [4.69, 9.17) is 0 Å². The minimum absolute atomic E-state index is 0. The van der Waals surface area contributed by atoms with Crippen LogP contribution in [0.15, 0.2) is 54.0 Å². The molecule has 8 heteroatoms. The van der Waals surface area contributed by atoms with E-state index in [9.17, 15) is 0 Å². The predicted molar refractivity (Wildman–Crippen MR) is 128 cm³/mol. The smallest absolute Gasteiger partial charge is 0.191 e. The molecular formula is C21H30IN7. The van der Waals surface area contributed by atoms with Crippen molar-refractivity contribution in [3.63, 3.8) is 0 Å². The second kappa shape index (κ2) is 11.6. The van der Waals surface area contributed by atoms with Gasteiger partial charge in [-0.3, -0.25) is 9.67 Å². The quantitative estimate of drug-likeness (QED) is 0.213. The summed E-state index contributed by atoms with van der Waals surface area (Å²) in [5.41, 5.74) is 4.75. The number of guanidine groups is 1. The van der Waals surface area contributed by atoms with Crippen molar-refractivity contribution in [1.29, 1.82) is 0 Å². The molecule has 0 aliphatic carbocycles. The summed E-state index contributed by atoms with van der Waals surface area (Å²) in [7, 11) is 1.80. The average Bonchev–Trinajstić information content (AvgIpc) is 3.31. The van der Waals surface area contributed by atoms with Crippen LogP contribution in [0.3, 0.4) is 0 Å². The van der Waals surface area contributed by atoms with Crippen molar-refractivity contribution in [2.45, 2.75) is 39.9 Å². The van der Waals surface area contributed by atoms with Gasteiger partial charge in [0.15, 0.2) is 5.96 Å². The molecule has 0 spiro atoms. The Kier molecular flexibility index (Phi) is 9.17. The Hall–Kier alpha value is -2.36. The van der Waals surface area contributed by atoms with E-state index in [2.05, 4.69) is 72.2 Å². The SMILES string of the molecule is CN=C(NCCCn1nc(C)cc1C)NCc1ccc(Cn2ccnc2)cc1.I. The molecule has 0 radical (unpaired) electrons. The average molecular weight is 507 g/mol. The van der Waals surface area contributed by atoms with Gasteiger partial charge in [-0.1, -0.05) is 24.3 Å². The van der Waals surface area contributed by atoms with Gasteiger partial charge in [0.05, 0.1) is 12.0 Å². The van der Waals surface area contributed by atoms with Crippen molar-refractivity contribution in [2.24, 2.45) is 4.99 Å². The molecule has 0 saturated heterocycles. The number of nitrogens with one attached hydrogen (secondary N) is 2. The molecule has 2 N–H and O–H groups in total. The predicted octanol–water partition coefficient (Wildman–Crippen LogP) is 3.12. The third-order valence-electron chi connectivity index (χ3n) is 4.57. The van der Waals surface area contributed by atoms with Crippen molar-refractivity contribution in [2.75, 3.05) is 13.6 Å². The molecule has 156 valence electrons. The summed E-state index contributed by atoms with van der Waals surface area (Å²) in [6, 6.07) is 10.7. The third-order valence-corrected chi connectivity index (χ3v) is 4.57. The number of hydrogen-bond donors (Lipinski definition) is 2. The molecule has 3 aromatic rings. The summed E-state index contributed by atoms with van der Waals surface area (Å²) in [6.45, 7) is 7.45. The van der Waals surface area contributed by atoms with E-state index < -0.39 is 0 Å². The normalized spacial score (nSPS) is 11.2. The molecule has 0 atom stereocenters.